The fourth-order valence-electron chi connectivity index (χ4n) is 2.92. The number of halogens is 1. The molecule has 2 N–H and O–H groups in total. The van der Waals surface area contributed by atoms with Gasteiger partial charge in [0, 0.05) is 48.2 Å². The molecule has 0 aliphatic rings. The Morgan fingerprint density at radius 3 is 2.77 bits per heavy atom. The van der Waals surface area contributed by atoms with Gasteiger partial charge in [-0.3, -0.25) is 0 Å². The summed E-state index contributed by atoms with van der Waals surface area (Å²) in [4.78, 5) is 16.4. The number of aromatic amines is 1. The molecule has 0 radical (unpaired) electrons. The van der Waals surface area contributed by atoms with Crippen molar-refractivity contribution < 1.29 is 0 Å². The first-order valence-electron chi connectivity index (χ1n) is 8.40. The molecule has 0 amide bonds. The summed E-state index contributed by atoms with van der Waals surface area (Å²) < 4.78 is 0. The number of benzene rings is 1. The van der Waals surface area contributed by atoms with Crippen molar-refractivity contribution in [2.45, 2.75) is 19.9 Å². The standard InChI is InChI=1S/C20H18ClN5/c1-13-4-5-17(21)8-15(13)11-26-20-24-9-14(10-25-20)7-16-12-23-19-18(16)3-2-6-22-19/h2-6,8-10,12H,7,11H2,1H3,(H,22,23)(H,24,25,26). The Morgan fingerprint density at radius 1 is 1.08 bits per heavy atom. The molecule has 0 bridgehead atoms. The van der Waals surface area contributed by atoms with Gasteiger partial charge in [-0.25, -0.2) is 15.0 Å². The number of fused-ring (bicyclic) bond motifs is 1. The highest BCUT2D eigenvalue weighted by atomic mass is 35.5. The molecule has 4 rings (SSSR count). The fourth-order valence-corrected chi connectivity index (χ4v) is 3.12. The van der Waals surface area contributed by atoms with E-state index in [1.54, 1.807) is 6.20 Å². The maximum atomic E-state index is 6.06. The molecule has 6 heteroatoms. The summed E-state index contributed by atoms with van der Waals surface area (Å²) in [6.07, 6.45) is 8.25. The number of anilines is 1. The minimum Gasteiger partial charge on any atom is -0.350 e. The van der Waals surface area contributed by atoms with Gasteiger partial charge in [-0.05, 0) is 53.4 Å². The smallest absolute Gasteiger partial charge is 0.222 e. The van der Waals surface area contributed by atoms with Crippen molar-refractivity contribution in [3.8, 4) is 0 Å². The number of hydrogen-bond donors (Lipinski definition) is 2. The second-order valence-electron chi connectivity index (χ2n) is 6.23. The van der Waals surface area contributed by atoms with E-state index < -0.39 is 0 Å². The summed E-state index contributed by atoms with van der Waals surface area (Å²) in [5.74, 6) is 0.605. The molecule has 0 atom stereocenters. The molecule has 1 aromatic carbocycles. The van der Waals surface area contributed by atoms with Crippen molar-refractivity contribution >= 4 is 28.6 Å². The molecule has 3 heterocycles. The van der Waals surface area contributed by atoms with Gasteiger partial charge >= 0.3 is 0 Å². The zero-order valence-electron chi connectivity index (χ0n) is 14.3. The van der Waals surface area contributed by atoms with Crippen molar-refractivity contribution in [3.63, 3.8) is 0 Å². The van der Waals surface area contributed by atoms with Crippen molar-refractivity contribution in [2.75, 3.05) is 5.32 Å². The number of aromatic nitrogens is 4. The lowest BCUT2D eigenvalue weighted by Crippen LogP contribution is -2.05. The molecule has 4 aromatic rings. The van der Waals surface area contributed by atoms with Crippen LogP contribution in [0.1, 0.15) is 22.3 Å². The van der Waals surface area contributed by atoms with E-state index >= 15 is 0 Å². The summed E-state index contributed by atoms with van der Waals surface area (Å²) >= 11 is 6.06. The van der Waals surface area contributed by atoms with Crippen LogP contribution in [-0.4, -0.2) is 19.9 Å². The van der Waals surface area contributed by atoms with Crippen LogP contribution in [0.2, 0.25) is 5.02 Å². The van der Waals surface area contributed by atoms with E-state index in [0.717, 1.165) is 33.6 Å². The van der Waals surface area contributed by atoms with Crippen LogP contribution in [-0.2, 0) is 13.0 Å². The number of nitrogens with one attached hydrogen (secondary N) is 2. The summed E-state index contributed by atoms with van der Waals surface area (Å²) in [7, 11) is 0. The molecule has 130 valence electrons. The molecule has 0 spiro atoms. The second-order valence-corrected chi connectivity index (χ2v) is 6.67. The van der Waals surface area contributed by atoms with Gasteiger partial charge in [-0.1, -0.05) is 17.7 Å². The first-order chi connectivity index (χ1) is 12.7. The van der Waals surface area contributed by atoms with Crippen molar-refractivity contribution in [2.24, 2.45) is 0 Å². The van der Waals surface area contributed by atoms with E-state index in [0.29, 0.717) is 12.5 Å². The van der Waals surface area contributed by atoms with Crippen molar-refractivity contribution in [3.05, 3.63) is 82.4 Å². The summed E-state index contributed by atoms with van der Waals surface area (Å²) in [6.45, 7) is 2.70. The monoisotopic (exact) mass is 363 g/mol. The SMILES string of the molecule is Cc1ccc(Cl)cc1CNc1ncc(Cc2c[nH]c3ncccc23)cn1. The lowest BCUT2D eigenvalue weighted by molar-refractivity contribution is 1.02. The highest BCUT2D eigenvalue weighted by molar-refractivity contribution is 6.30. The molecular weight excluding hydrogens is 346 g/mol. The zero-order chi connectivity index (χ0) is 17.9. The number of rotatable bonds is 5. The average Bonchev–Trinajstić information content (AvgIpc) is 3.07. The minimum atomic E-state index is 0.605. The highest BCUT2D eigenvalue weighted by Crippen LogP contribution is 2.19. The van der Waals surface area contributed by atoms with Crippen LogP contribution in [0.3, 0.4) is 0 Å². The third-order valence-electron chi connectivity index (χ3n) is 4.38. The Hall–Kier alpha value is -2.92. The lowest BCUT2D eigenvalue weighted by atomic mass is 10.1. The number of pyridine rings is 1. The molecule has 0 unspecified atom stereocenters. The normalized spacial score (nSPS) is 11.0. The molecule has 3 aromatic heterocycles. The van der Waals surface area contributed by atoms with E-state index in [1.165, 1.54) is 11.1 Å². The van der Waals surface area contributed by atoms with E-state index in [1.807, 2.05) is 42.9 Å². The molecule has 0 saturated heterocycles. The second kappa shape index (κ2) is 7.14. The Labute approximate surface area is 156 Å². The molecule has 0 fully saturated rings. The number of nitrogens with zero attached hydrogens (tertiary/aromatic N) is 3. The number of H-pyrrole nitrogens is 1. The molecule has 0 aliphatic heterocycles. The molecule has 0 saturated carbocycles. The van der Waals surface area contributed by atoms with Crippen LogP contribution in [0.5, 0.6) is 0 Å². The van der Waals surface area contributed by atoms with E-state index in [9.17, 15) is 0 Å². The third kappa shape index (κ3) is 3.53. The third-order valence-corrected chi connectivity index (χ3v) is 4.62. The predicted molar refractivity (Wildman–Crippen MR) is 104 cm³/mol. The van der Waals surface area contributed by atoms with Gasteiger partial charge in [0.05, 0.1) is 0 Å². The topological polar surface area (TPSA) is 66.5 Å². The van der Waals surface area contributed by atoms with Gasteiger partial charge in [0.2, 0.25) is 5.95 Å². The van der Waals surface area contributed by atoms with Gasteiger partial charge in [0.15, 0.2) is 0 Å². The van der Waals surface area contributed by atoms with E-state index in [-0.39, 0.29) is 0 Å². The van der Waals surface area contributed by atoms with Crippen LogP contribution in [0.15, 0.2) is 55.1 Å². The van der Waals surface area contributed by atoms with Crippen LogP contribution in [0.4, 0.5) is 5.95 Å². The number of aryl methyl sites for hydroxylation is 1. The zero-order valence-corrected chi connectivity index (χ0v) is 15.1. The van der Waals surface area contributed by atoms with Gasteiger partial charge in [-0.2, -0.15) is 0 Å². The van der Waals surface area contributed by atoms with Gasteiger partial charge in [-0.15, -0.1) is 0 Å². The maximum Gasteiger partial charge on any atom is 0.222 e. The fraction of sp³-hybridized carbons (Fsp3) is 0.150. The van der Waals surface area contributed by atoms with Crippen LogP contribution in [0, 0.1) is 6.92 Å². The van der Waals surface area contributed by atoms with Crippen LogP contribution in [0.25, 0.3) is 11.0 Å². The van der Waals surface area contributed by atoms with Gasteiger partial charge < -0.3 is 10.3 Å². The van der Waals surface area contributed by atoms with Gasteiger partial charge in [0.1, 0.15) is 5.65 Å². The highest BCUT2D eigenvalue weighted by Gasteiger charge is 2.06. The van der Waals surface area contributed by atoms with Crippen LogP contribution < -0.4 is 5.32 Å². The predicted octanol–water partition coefficient (Wildman–Crippen LogP) is 4.52. The maximum absolute atomic E-state index is 6.06. The Kier molecular flexibility index (Phi) is 4.54. The van der Waals surface area contributed by atoms with E-state index in [4.69, 9.17) is 11.6 Å². The summed E-state index contributed by atoms with van der Waals surface area (Å²) in [5.41, 5.74) is 5.47. The molecule has 26 heavy (non-hydrogen) atoms. The summed E-state index contributed by atoms with van der Waals surface area (Å²) in [5, 5.41) is 5.11. The minimum absolute atomic E-state index is 0.605. The Bertz CT molecular complexity index is 1040. The Balaban J connectivity index is 1.44. The van der Waals surface area contributed by atoms with Crippen LogP contribution >= 0.6 is 11.6 Å². The average molecular weight is 364 g/mol. The lowest BCUT2D eigenvalue weighted by Gasteiger charge is -2.08. The largest absolute Gasteiger partial charge is 0.350 e. The molecular formula is C20H18ClN5. The molecule has 0 aliphatic carbocycles. The van der Waals surface area contributed by atoms with Crippen molar-refractivity contribution in [1.29, 1.82) is 0 Å². The molecule has 5 nitrogen and oxygen atoms in total. The Morgan fingerprint density at radius 2 is 1.92 bits per heavy atom. The van der Waals surface area contributed by atoms with Gasteiger partial charge in [0.25, 0.3) is 0 Å². The first-order valence-corrected chi connectivity index (χ1v) is 8.77. The quantitative estimate of drug-likeness (QED) is 0.547. The van der Waals surface area contributed by atoms with E-state index in [2.05, 4.69) is 38.2 Å². The van der Waals surface area contributed by atoms with Crippen molar-refractivity contribution in [1.82, 2.24) is 19.9 Å². The first kappa shape index (κ1) is 16.5. The number of hydrogen-bond acceptors (Lipinski definition) is 4. The summed E-state index contributed by atoms with van der Waals surface area (Å²) in [6, 6.07) is 9.88.